The number of benzene rings is 3. The molecule has 3 aromatic carbocycles. The molecule has 5 rings (SSSR count). The van der Waals surface area contributed by atoms with Gasteiger partial charge in [0.2, 0.25) is 0 Å². The summed E-state index contributed by atoms with van der Waals surface area (Å²) in [7, 11) is 0. The van der Waals surface area contributed by atoms with Crippen LogP contribution in [0.25, 0.3) is 33.3 Å². The Morgan fingerprint density at radius 1 is 0.575 bits per heavy atom. The molecule has 3 heteroatoms. The van der Waals surface area contributed by atoms with E-state index in [0.717, 1.165) is 11.0 Å². The Labute approximate surface area is 247 Å². The van der Waals surface area contributed by atoms with Crippen LogP contribution in [-0.4, -0.2) is 8.75 Å². The van der Waals surface area contributed by atoms with Crippen molar-refractivity contribution in [2.45, 2.75) is 123 Å². The summed E-state index contributed by atoms with van der Waals surface area (Å²) in [6, 6.07) is 19.0. The van der Waals surface area contributed by atoms with Crippen molar-refractivity contribution in [3.63, 3.8) is 0 Å². The van der Waals surface area contributed by atoms with E-state index in [1.807, 2.05) is 0 Å². The summed E-state index contributed by atoms with van der Waals surface area (Å²) in [5.41, 5.74) is 13.3. The van der Waals surface area contributed by atoms with Gasteiger partial charge in [-0.05, 0) is 66.1 Å². The van der Waals surface area contributed by atoms with Gasteiger partial charge in [0, 0.05) is 11.0 Å². The van der Waals surface area contributed by atoms with Crippen LogP contribution >= 0.6 is 11.7 Å². The standard InChI is InChI=1S/C37H48N2S/c1-5-7-9-11-13-15-23-37(24-16-14-12-10-8-6-2)33-22-19-29(26-32(33)31-20-17-27(3)25-34(31)37)30-21-18-28(4)35-36(30)39-40-38-35/h17-22,25-26H,5-16,23-24H2,1-4H3. The Hall–Kier alpha value is -2.52. The molecule has 1 heterocycles. The fourth-order valence-corrected chi connectivity index (χ4v) is 7.71. The van der Waals surface area contributed by atoms with Crippen molar-refractivity contribution < 1.29 is 0 Å². The van der Waals surface area contributed by atoms with Gasteiger partial charge in [0.25, 0.3) is 0 Å². The first-order valence-electron chi connectivity index (χ1n) is 16.1. The average molecular weight is 553 g/mol. The first-order valence-corrected chi connectivity index (χ1v) is 16.8. The maximum atomic E-state index is 4.71. The number of nitrogens with zero attached hydrogens (tertiary/aromatic N) is 2. The zero-order valence-electron chi connectivity index (χ0n) is 25.3. The maximum absolute atomic E-state index is 4.71. The van der Waals surface area contributed by atoms with E-state index < -0.39 is 0 Å². The molecule has 0 N–H and O–H groups in total. The second-order valence-corrected chi connectivity index (χ2v) is 12.8. The highest BCUT2D eigenvalue weighted by atomic mass is 32.1. The lowest BCUT2D eigenvalue weighted by Crippen LogP contribution is -2.25. The summed E-state index contributed by atoms with van der Waals surface area (Å²) in [6.07, 6.45) is 18.8. The number of aromatic nitrogens is 2. The molecule has 0 radical (unpaired) electrons. The number of hydrogen-bond donors (Lipinski definition) is 0. The lowest BCUT2D eigenvalue weighted by atomic mass is 9.70. The van der Waals surface area contributed by atoms with E-state index in [-0.39, 0.29) is 5.41 Å². The molecule has 0 atom stereocenters. The minimum absolute atomic E-state index is 0.134. The first-order chi connectivity index (χ1) is 19.6. The topological polar surface area (TPSA) is 25.8 Å². The van der Waals surface area contributed by atoms with Crippen LogP contribution in [0.3, 0.4) is 0 Å². The van der Waals surface area contributed by atoms with Gasteiger partial charge in [-0.25, -0.2) is 0 Å². The summed E-state index contributed by atoms with van der Waals surface area (Å²) in [4.78, 5) is 0. The highest BCUT2D eigenvalue weighted by Crippen LogP contribution is 2.55. The molecule has 0 saturated carbocycles. The molecule has 2 nitrogen and oxygen atoms in total. The van der Waals surface area contributed by atoms with E-state index in [4.69, 9.17) is 4.37 Å². The minimum atomic E-state index is 0.134. The molecule has 0 aliphatic heterocycles. The van der Waals surface area contributed by atoms with Crippen LogP contribution in [-0.2, 0) is 5.41 Å². The normalized spacial score (nSPS) is 13.6. The van der Waals surface area contributed by atoms with Crippen molar-refractivity contribution in [1.82, 2.24) is 8.75 Å². The number of unbranched alkanes of at least 4 members (excludes halogenated alkanes) is 10. The molecular weight excluding hydrogens is 504 g/mol. The maximum Gasteiger partial charge on any atom is 0.112 e. The molecule has 0 unspecified atom stereocenters. The van der Waals surface area contributed by atoms with Crippen molar-refractivity contribution >= 4 is 22.8 Å². The van der Waals surface area contributed by atoms with Crippen LogP contribution in [0.4, 0.5) is 0 Å². The lowest BCUT2D eigenvalue weighted by Gasteiger charge is -2.33. The third kappa shape index (κ3) is 5.91. The predicted octanol–water partition coefficient (Wildman–Crippen LogP) is 11.7. The molecule has 0 fully saturated rings. The SMILES string of the molecule is CCCCCCCCC1(CCCCCCCC)c2ccc(-c3ccc(C)c4nsnc34)cc2-c2ccc(C)cc21. The smallest absolute Gasteiger partial charge is 0.112 e. The average Bonchev–Trinajstić information content (AvgIpc) is 3.55. The summed E-state index contributed by atoms with van der Waals surface area (Å²) in [5, 5.41) is 0. The zero-order valence-corrected chi connectivity index (χ0v) is 26.1. The van der Waals surface area contributed by atoms with E-state index in [9.17, 15) is 0 Å². The largest absolute Gasteiger partial charge is 0.173 e. The van der Waals surface area contributed by atoms with Gasteiger partial charge >= 0.3 is 0 Å². The quantitative estimate of drug-likeness (QED) is 0.137. The van der Waals surface area contributed by atoms with Crippen molar-refractivity contribution in [3.05, 3.63) is 70.8 Å². The van der Waals surface area contributed by atoms with Crippen LogP contribution in [0.1, 0.15) is 126 Å². The molecule has 40 heavy (non-hydrogen) atoms. The van der Waals surface area contributed by atoms with Gasteiger partial charge in [-0.2, -0.15) is 8.75 Å². The van der Waals surface area contributed by atoms with Crippen molar-refractivity contribution in [2.75, 3.05) is 0 Å². The van der Waals surface area contributed by atoms with E-state index in [1.165, 1.54) is 135 Å². The summed E-state index contributed by atoms with van der Waals surface area (Å²) in [5.74, 6) is 0. The Bertz CT molecular complexity index is 1400. The van der Waals surface area contributed by atoms with Crippen LogP contribution in [0, 0.1) is 13.8 Å². The fraction of sp³-hybridized carbons (Fsp3) is 0.514. The van der Waals surface area contributed by atoms with Gasteiger partial charge in [0.1, 0.15) is 11.0 Å². The summed E-state index contributed by atoms with van der Waals surface area (Å²) < 4.78 is 9.30. The van der Waals surface area contributed by atoms with Crippen molar-refractivity contribution in [2.24, 2.45) is 0 Å². The van der Waals surface area contributed by atoms with E-state index >= 15 is 0 Å². The Balaban J connectivity index is 1.52. The number of rotatable bonds is 15. The third-order valence-electron chi connectivity index (χ3n) is 9.36. The Morgan fingerprint density at radius 2 is 1.20 bits per heavy atom. The number of hydrogen-bond acceptors (Lipinski definition) is 3. The second kappa shape index (κ2) is 13.4. The van der Waals surface area contributed by atoms with Crippen LogP contribution in [0.5, 0.6) is 0 Å². The molecule has 4 aromatic rings. The van der Waals surface area contributed by atoms with Crippen molar-refractivity contribution in [1.29, 1.82) is 0 Å². The van der Waals surface area contributed by atoms with Gasteiger partial charge in [0.05, 0.1) is 11.7 Å². The van der Waals surface area contributed by atoms with Crippen LogP contribution in [0.2, 0.25) is 0 Å². The van der Waals surface area contributed by atoms with Crippen LogP contribution in [0.15, 0.2) is 48.5 Å². The third-order valence-corrected chi connectivity index (χ3v) is 9.89. The van der Waals surface area contributed by atoms with Crippen LogP contribution < -0.4 is 0 Å². The number of aryl methyl sites for hydroxylation is 2. The molecule has 212 valence electrons. The van der Waals surface area contributed by atoms with Gasteiger partial charge in [-0.3, -0.25) is 0 Å². The van der Waals surface area contributed by atoms with Gasteiger partial charge in [-0.15, -0.1) is 0 Å². The number of fused-ring (bicyclic) bond motifs is 4. The minimum Gasteiger partial charge on any atom is -0.173 e. The van der Waals surface area contributed by atoms with Gasteiger partial charge < -0.3 is 0 Å². The van der Waals surface area contributed by atoms with E-state index in [1.54, 1.807) is 11.1 Å². The Kier molecular flexibility index (Phi) is 9.73. The molecule has 0 amide bonds. The molecule has 0 saturated heterocycles. The van der Waals surface area contributed by atoms with Gasteiger partial charge in [0.15, 0.2) is 0 Å². The zero-order chi connectivity index (χ0) is 28.0. The van der Waals surface area contributed by atoms with E-state index in [0.29, 0.717) is 0 Å². The second-order valence-electron chi connectivity index (χ2n) is 12.3. The predicted molar refractivity (Wildman–Crippen MR) is 175 cm³/mol. The monoisotopic (exact) mass is 552 g/mol. The van der Waals surface area contributed by atoms with Gasteiger partial charge in [-0.1, -0.05) is 139 Å². The Morgan fingerprint density at radius 3 is 1.90 bits per heavy atom. The molecule has 1 aliphatic rings. The fourth-order valence-electron chi connectivity index (χ4n) is 7.09. The summed E-state index contributed by atoms with van der Waals surface area (Å²) in [6.45, 7) is 9.02. The molecule has 0 spiro atoms. The molecule has 1 aromatic heterocycles. The molecular formula is C37H48N2S. The lowest BCUT2D eigenvalue weighted by molar-refractivity contribution is 0.397. The highest BCUT2D eigenvalue weighted by molar-refractivity contribution is 7.00. The summed E-state index contributed by atoms with van der Waals surface area (Å²) >= 11 is 1.32. The molecule has 0 bridgehead atoms. The molecule has 1 aliphatic carbocycles. The van der Waals surface area contributed by atoms with E-state index in [2.05, 4.69) is 80.6 Å². The van der Waals surface area contributed by atoms with Crippen molar-refractivity contribution in [3.8, 4) is 22.3 Å². The highest BCUT2D eigenvalue weighted by Gasteiger charge is 2.42. The first kappa shape index (κ1) is 29.0.